The molecule has 0 atom stereocenters. The third-order valence-electron chi connectivity index (χ3n) is 2.53. The van der Waals surface area contributed by atoms with Crippen molar-refractivity contribution < 1.29 is 0 Å². The predicted molar refractivity (Wildman–Crippen MR) is 65.2 cm³/mol. The van der Waals surface area contributed by atoms with Crippen molar-refractivity contribution in [2.24, 2.45) is 10.7 Å². The lowest BCUT2D eigenvalue weighted by atomic mass is 10.3. The second-order valence-corrected chi connectivity index (χ2v) is 3.89. The van der Waals surface area contributed by atoms with Crippen molar-refractivity contribution in [2.45, 2.75) is 13.3 Å². The molecule has 0 amide bonds. The van der Waals surface area contributed by atoms with Gasteiger partial charge < -0.3 is 16.0 Å². The molecular weight excluding hydrogens is 188 g/mol. The van der Waals surface area contributed by atoms with Crippen LogP contribution >= 0.6 is 0 Å². The lowest BCUT2D eigenvalue weighted by Crippen LogP contribution is -2.43. The van der Waals surface area contributed by atoms with Crippen LogP contribution in [0.25, 0.3) is 0 Å². The number of nitrogens with zero attached hydrogens (tertiary/aromatic N) is 2. The first-order chi connectivity index (χ1) is 7.33. The van der Waals surface area contributed by atoms with Gasteiger partial charge in [0.15, 0.2) is 0 Å². The van der Waals surface area contributed by atoms with Gasteiger partial charge in [-0.2, -0.15) is 0 Å². The largest absolute Gasteiger partial charge is 0.404 e. The summed E-state index contributed by atoms with van der Waals surface area (Å²) in [5.74, 6) is 0. The van der Waals surface area contributed by atoms with Crippen LogP contribution in [0.3, 0.4) is 0 Å². The highest BCUT2D eigenvalue weighted by Gasteiger charge is 2.07. The van der Waals surface area contributed by atoms with E-state index in [0.29, 0.717) is 0 Å². The molecule has 0 aromatic carbocycles. The molecule has 0 bridgehead atoms. The molecule has 86 valence electrons. The molecule has 15 heavy (non-hydrogen) atoms. The van der Waals surface area contributed by atoms with E-state index >= 15 is 0 Å². The van der Waals surface area contributed by atoms with Gasteiger partial charge in [0.05, 0.1) is 0 Å². The summed E-state index contributed by atoms with van der Waals surface area (Å²) in [4.78, 5) is 6.79. The Balaban J connectivity index is 2.03. The van der Waals surface area contributed by atoms with Crippen LogP contribution in [-0.4, -0.2) is 50.4 Å². The minimum atomic E-state index is 0.898. The van der Waals surface area contributed by atoms with Gasteiger partial charge >= 0.3 is 0 Å². The van der Waals surface area contributed by atoms with Gasteiger partial charge in [-0.25, -0.2) is 0 Å². The van der Waals surface area contributed by atoms with E-state index < -0.39 is 0 Å². The van der Waals surface area contributed by atoms with Crippen molar-refractivity contribution in [3.05, 3.63) is 11.8 Å². The number of hydrogen-bond donors (Lipinski definition) is 2. The summed E-state index contributed by atoms with van der Waals surface area (Å²) in [6.45, 7) is 8.60. The molecule has 0 radical (unpaired) electrons. The zero-order valence-corrected chi connectivity index (χ0v) is 9.58. The summed E-state index contributed by atoms with van der Waals surface area (Å²) in [6.07, 6.45) is 4.56. The number of piperazine rings is 1. The maximum absolute atomic E-state index is 5.34. The number of aliphatic imine (C=N–C) groups is 1. The molecule has 1 aliphatic rings. The number of rotatable bonds is 5. The van der Waals surface area contributed by atoms with Gasteiger partial charge in [-0.15, -0.1) is 0 Å². The van der Waals surface area contributed by atoms with Crippen LogP contribution in [0.2, 0.25) is 0 Å². The maximum atomic E-state index is 5.34. The Morgan fingerprint density at radius 3 is 2.87 bits per heavy atom. The molecule has 0 aromatic heterocycles. The lowest BCUT2D eigenvalue weighted by molar-refractivity contribution is 0.240. The molecule has 0 aliphatic carbocycles. The van der Waals surface area contributed by atoms with Crippen LogP contribution in [0, 0.1) is 0 Å². The van der Waals surface area contributed by atoms with Gasteiger partial charge in [-0.1, -0.05) is 0 Å². The van der Waals surface area contributed by atoms with Crippen molar-refractivity contribution in [3.8, 4) is 0 Å². The monoisotopic (exact) mass is 210 g/mol. The standard InChI is InChI=1S/C11H22N4/c1-11(9-12)10-14-3-2-6-15-7-4-13-5-8-15/h9-10,13H,2-8,12H2,1H3. The third kappa shape index (κ3) is 5.54. The zero-order valence-electron chi connectivity index (χ0n) is 9.58. The lowest BCUT2D eigenvalue weighted by Gasteiger charge is -2.26. The van der Waals surface area contributed by atoms with Crippen LogP contribution in [-0.2, 0) is 0 Å². The fourth-order valence-electron chi connectivity index (χ4n) is 1.57. The highest BCUT2D eigenvalue weighted by molar-refractivity contribution is 5.77. The molecule has 1 aliphatic heterocycles. The molecule has 4 heteroatoms. The Hall–Kier alpha value is -0.870. The molecule has 4 nitrogen and oxygen atoms in total. The van der Waals surface area contributed by atoms with Gasteiger partial charge in [-0.3, -0.25) is 4.99 Å². The number of hydrogen-bond acceptors (Lipinski definition) is 4. The predicted octanol–water partition coefficient (Wildman–Crippen LogP) is 0.215. The van der Waals surface area contributed by atoms with E-state index in [9.17, 15) is 0 Å². The Kier molecular flexibility index (Phi) is 6.04. The van der Waals surface area contributed by atoms with Crippen molar-refractivity contribution in [2.75, 3.05) is 39.3 Å². The van der Waals surface area contributed by atoms with E-state index in [0.717, 1.165) is 38.2 Å². The van der Waals surface area contributed by atoms with Crippen molar-refractivity contribution in [1.29, 1.82) is 0 Å². The SMILES string of the molecule is CC(C=NCCCN1CCNCC1)=CN. The van der Waals surface area contributed by atoms with E-state index in [1.54, 1.807) is 6.20 Å². The van der Waals surface area contributed by atoms with Crippen molar-refractivity contribution >= 4 is 6.21 Å². The van der Waals surface area contributed by atoms with E-state index in [2.05, 4.69) is 15.2 Å². The molecule has 1 rings (SSSR count). The molecule has 1 fully saturated rings. The van der Waals surface area contributed by atoms with Gasteiger partial charge in [0.25, 0.3) is 0 Å². The Morgan fingerprint density at radius 2 is 2.20 bits per heavy atom. The summed E-state index contributed by atoms with van der Waals surface area (Å²) in [5, 5.41) is 3.35. The van der Waals surface area contributed by atoms with E-state index in [1.807, 2.05) is 13.1 Å². The fraction of sp³-hybridized carbons (Fsp3) is 0.727. The highest BCUT2D eigenvalue weighted by atomic mass is 15.2. The topological polar surface area (TPSA) is 53.6 Å². The third-order valence-corrected chi connectivity index (χ3v) is 2.53. The summed E-state index contributed by atoms with van der Waals surface area (Å²) < 4.78 is 0. The molecule has 1 saturated heterocycles. The highest BCUT2D eigenvalue weighted by Crippen LogP contribution is 1.94. The van der Waals surface area contributed by atoms with Crippen LogP contribution < -0.4 is 11.1 Å². The molecule has 0 spiro atoms. The van der Waals surface area contributed by atoms with Crippen molar-refractivity contribution in [1.82, 2.24) is 10.2 Å². The minimum Gasteiger partial charge on any atom is -0.404 e. The number of allylic oxidation sites excluding steroid dienone is 1. The Labute approximate surface area is 92.2 Å². The maximum Gasteiger partial charge on any atom is 0.0401 e. The number of nitrogens with one attached hydrogen (secondary N) is 1. The molecule has 1 heterocycles. The molecule has 0 unspecified atom stereocenters. The van der Waals surface area contributed by atoms with Crippen LogP contribution in [0.1, 0.15) is 13.3 Å². The average molecular weight is 210 g/mol. The van der Waals surface area contributed by atoms with Crippen LogP contribution in [0.4, 0.5) is 0 Å². The van der Waals surface area contributed by atoms with E-state index in [4.69, 9.17) is 5.73 Å². The first kappa shape index (κ1) is 12.2. The second kappa shape index (κ2) is 7.43. The Bertz CT molecular complexity index is 217. The zero-order chi connectivity index (χ0) is 10.9. The summed E-state index contributed by atoms with van der Waals surface area (Å²) in [7, 11) is 0. The first-order valence-electron chi connectivity index (χ1n) is 5.64. The van der Waals surface area contributed by atoms with Gasteiger partial charge in [0.2, 0.25) is 0 Å². The Morgan fingerprint density at radius 1 is 1.47 bits per heavy atom. The molecular formula is C11H22N4. The summed E-state index contributed by atoms with van der Waals surface area (Å²) in [5.41, 5.74) is 6.36. The molecule has 0 aromatic rings. The van der Waals surface area contributed by atoms with E-state index in [-0.39, 0.29) is 0 Å². The summed E-state index contributed by atoms with van der Waals surface area (Å²) >= 11 is 0. The van der Waals surface area contributed by atoms with Gasteiger partial charge in [-0.05, 0) is 31.7 Å². The van der Waals surface area contributed by atoms with E-state index in [1.165, 1.54) is 13.1 Å². The second-order valence-electron chi connectivity index (χ2n) is 3.89. The first-order valence-corrected chi connectivity index (χ1v) is 5.64. The van der Waals surface area contributed by atoms with Gasteiger partial charge in [0.1, 0.15) is 0 Å². The number of nitrogens with two attached hydrogens (primary N) is 1. The average Bonchev–Trinajstić information content (AvgIpc) is 2.29. The van der Waals surface area contributed by atoms with Gasteiger partial charge in [0, 0.05) is 38.9 Å². The smallest absolute Gasteiger partial charge is 0.0401 e. The summed E-state index contributed by atoms with van der Waals surface area (Å²) in [6, 6.07) is 0. The molecule has 0 saturated carbocycles. The fourth-order valence-corrected chi connectivity index (χ4v) is 1.57. The quantitative estimate of drug-likeness (QED) is 0.504. The van der Waals surface area contributed by atoms with Crippen LogP contribution in [0.15, 0.2) is 16.8 Å². The van der Waals surface area contributed by atoms with Crippen molar-refractivity contribution in [3.63, 3.8) is 0 Å². The molecule has 3 N–H and O–H groups in total. The van der Waals surface area contributed by atoms with Crippen LogP contribution in [0.5, 0.6) is 0 Å². The minimum absolute atomic E-state index is 0.898. The normalized spacial score (nSPS) is 19.9.